The summed E-state index contributed by atoms with van der Waals surface area (Å²) in [7, 11) is 0.766. The monoisotopic (exact) mass is 481 g/mol. The number of carbonyl (C=O) groups excluding carboxylic acids is 2. The van der Waals surface area contributed by atoms with Crippen LogP contribution < -0.4 is 0 Å². The molecule has 2 aromatic rings. The highest BCUT2D eigenvalue weighted by Gasteiger charge is 2.73. The molecule has 0 aliphatic rings. The number of ketones is 1. The van der Waals surface area contributed by atoms with E-state index in [1.54, 1.807) is 0 Å². The Labute approximate surface area is 181 Å². The Hall–Kier alpha value is -3.51. The van der Waals surface area contributed by atoms with Crippen molar-refractivity contribution in [2.45, 2.75) is 31.4 Å². The molecule has 0 bridgehead atoms. The van der Waals surface area contributed by atoms with Gasteiger partial charge in [-0.2, -0.15) is 26.3 Å². The van der Waals surface area contributed by atoms with E-state index >= 15 is 0 Å². The van der Waals surface area contributed by atoms with Gasteiger partial charge in [0.2, 0.25) is 0 Å². The Kier molecular flexibility index (Phi) is 6.86. The normalized spacial score (nSPS) is 12.4. The molecule has 0 unspecified atom stereocenters. The molecule has 0 aliphatic heterocycles. The SMILES string of the molecule is COC(=O)c1cc(C(F)(C(F)(F)F)C(F)(F)F)ccc1CC(=O)c1ccc(C)cc1[N+](=O)[O-]. The van der Waals surface area contributed by atoms with Gasteiger partial charge in [0, 0.05) is 18.1 Å². The van der Waals surface area contributed by atoms with Crippen LogP contribution in [0.25, 0.3) is 0 Å². The Morgan fingerprint density at radius 1 is 0.939 bits per heavy atom. The minimum Gasteiger partial charge on any atom is -0.465 e. The number of nitrogens with zero attached hydrogens (tertiary/aromatic N) is 1. The molecule has 0 saturated heterocycles. The van der Waals surface area contributed by atoms with Crippen LogP contribution in [0.4, 0.5) is 36.4 Å². The first kappa shape index (κ1) is 25.7. The summed E-state index contributed by atoms with van der Waals surface area (Å²) in [5.74, 6) is -2.40. The van der Waals surface area contributed by atoms with Gasteiger partial charge in [0.05, 0.1) is 23.2 Å². The van der Waals surface area contributed by atoms with Crippen molar-refractivity contribution >= 4 is 17.4 Å². The molecule has 178 valence electrons. The van der Waals surface area contributed by atoms with Crippen molar-refractivity contribution in [1.82, 2.24) is 0 Å². The van der Waals surface area contributed by atoms with Crippen molar-refractivity contribution in [2.75, 3.05) is 7.11 Å². The summed E-state index contributed by atoms with van der Waals surface area (Å²) >= 11 is 0. The number of ether oxygens (including phenoxy) is 1. The second-order valence-corrected chi connectivity index (χ2v) is 6.90. The Bertz CT molecular complexity index is 1090. The number of hydrogen-bond donors (Lipinski definition) is 0. The third-order valence-electron chi connectivity index (χ3n) is 4.70. The molecule has 6 nitrogen and oxygen atoms in total. The average molecular weight is 481 g/mol. The molecule has 2 aromatic carbocycles. The molecule has 0 amide bonds. The summed E-state index contributed by atoms with van der Waals surface area (Å²) in [5, 5.41) is 11.2. The van der Waals surface area contributed by atoms with Crippen LogP contribution in [0.3, 0.4) is 0 Å². The second-order valence-electron chi connectivity index (χ2n) is 6.90. The van der Waals surface area contributed by atoms with Crippen LogP contribution in [0.1, 0.15) is 37.4 Å². The van der Waals surface area contributed by atoms with Crippen molar-refractivity contribution in [3.05, 3.63) is 74.3 Å². The highest BCUT2D eigenvalue weighted by Crippen LogP contribution is 2.53. The number of halogens is 7. The number of esters is 1. The molecule has 0 heterocycles. The first-order chi connectivity index (χ1) is 15.0. The summed E-state index contributed by atoms with van der Waals surface area (Å²) in [4.78, 5) is 35.0. The van der Waals surface area contributed by atoms with E-state index in [1.807, 2.05) is 0 Å². The number of carbonyl (C=O) groups is 2. The molecule has 2 rings (SSSR count). The van der Waals surface area contributed by atoms with E-state index in [9.17, 15) is 50.4 Å². The van der Waals surface area contributed by atoms with Gasteiger partial charge in [-0.05, 0) is 30.2 Å². The van der Waals surface area contributed by atoms with Crippen molar-refractivity contribution in [3.8, 4) is 0 Å². The minimum atomic E-state index is -6.42. The van der Waals surface area contributed by atoms with Gasteiger partial charge in [0.1, 0.15) is 0 Å². The number of Topliss-reactive ketones (excluding diaryl/α,β-unsaturated/α-hetero) is 1. The number of alkyl halides is 7. The van der Waals surface area contributed by atoms with Crippen LogP contribution in [0.15, 0.2) is 36.4 Å². The topological polar surface area (TPSA) is 86.5 Å². The first-order valence-corrected chi connectivity index (χ1v) is 8.87. The Morgan fingerprint density at radius 3 is 2.00 bits per heavy atom. The predicted molar refractivity (Wildman–Crippen MR) is 98.5 cm³/mol. The number of hydrogen-bond acceptors (Lipinski definition) is 5. The fourth-order valence-electron chi connectivity index (χ4n) is 3.03. The van der Waals surface area contributed by atoms with Crippen molar-refractivity contribution in [2.24, 2.45) is 0 Å². The lowest BCUT2D eigenvalue weighted by Gasteiger charge is -2.30. The predicted octanol–water partition coefficient (Wildman–Crippen LogP) is 5.40. The smallest absolute Gasteiger partial charge is 0.435 e. The van der Waals surface area contributed by atoms with Crippen LogP contribution in [0, 0.1) is 17.0 Å². The van der Waals surface area contributed by atoms with Crippen molar-refractivity contribution in [3.63, 3.8) is 0 Å². The molecular weight excluding hydrogens is 467 g/mol. The van der Waals surface area contributed by atoms with E-state index in [1.165, 1.54) is 13.0 Å². The van der Waals surface area contributed by atoms with Crippen LogP contribution >= 0.6 is 0 Å². The first-order valence-electron chi connectivity index (χ1n) is 8.87. The number of rotatable bonds is 6. The van der Waals surface area contributed by atoms with E-state index in [2.05, 4.69) is 4.74 Å². The van der Waals surface area contributed by atoms with Crippen molar-refractivity contribution < 1.29 is 50.0 Å². The van der Waals surface area contributed by atoms with E-state index in [4.69, 9.17) is 0 Å². The number of methoxy groups -OCH3 is 1. The fraction of sp³-hybridized carbons (Fsp3) is 0.300. The van der Waals surface area contributed by atoms with Gasteiger partial charge in [-0.3, -0.25) is 14.9 Å². The summed E-state index contributed by atoms with van der Waals surface area (Å²) in [6, 6.07) is 4.24. The summed E-state index contributed by atoms with van der Waals surface area (Å²) in [6.45, 7) is 1.51. The maximum Gasteiger partial charge on any atom is 0.435 e. The molecule has 33 heavy (non-hydrogen) atoms. The molecule has 0 aromatic heterocycles. The van der Waals surface area contributed by atoms with Gasteiger partial charge in [0.25, 0.3) is 5.69 Å². The fourth-order valence-corrected chi connectivity index (χ4v) is 3.03. The van der Waals surface area contributed by atoms with E-state index in [-0.39, 0.29) is 12.1 Å². The number of nitro groups is 1. The molecule has 0 saturated carbocycles. The highest BCUT2D eigenvalue weighted by atomic mass is 19.4. The van der Waals surface area contributed by atoms with Gasteiger partial charge >= 0.3 is 24.0 Å². The lowest BCUT2D eigenvalue weighted by atomic mass is 9.89. The molecular formula is C20H14F7NO5. The standard InChI is InChI=1S/C20H14F7NO5/c1-10-3-6-13(15(7-10)28(31)32)16(29)8-11-4-5-12(9-14(11)17(30)33-2)18(21,19(22,23)24)20(25,26)27/h3-7,9H,8H2,1-2H3. The third kappa shape index (κ3) is 4.81. The van der Waals surface area contributed by atoms with Crippen molar-refractivity contribution in [1.29, 1.82) is 0 Å². The van der Waals surface area contributed by atoms with Gasteiger partial charge < -0.3 is 4.74 Å². The van der Waals surface area contributed by atoms with Crippen LogP contribution in [0.2, 0.25) is 0 Å². The molecule has 0 atom stereocenters. The highest BCUT2D eigenvalue weighted by molar-refractivity contribution is 6.02. The molecule has 13 heteroatoms. The number of nitro benzene ring substituents is 1. The van der Waals surface area contributed by atoms with Gasteiger partial charge in [0.15, 0.2) is 5.78 Å². The zero-order valence-corrected chi connectivity index (χ0v) is 16.8. The van der Waals surface area contributed by atoms with Gasteiger partial charge in [-0.15, -0.1) is 0 Å². The largest absolute Gasteiger partial charge is 0.465 e. The quantitative estimate of drug-likeness (QED) is 0.181. The average Bonchev–Trinajstić information content (AvgIpc) is 2.70. The zero-order valence-electron chi connectivity index (χ0n) is 16.8. The lowest BCUT2D eigenvalue weighted by molar-refractivity contribution is -0.385. The summed E-state index contributed by atoms with van der Waals surface area (Å²) < 4.78 is 97.1. The maximum absolute atomic E-state index is 14.4. The van der Waals surface area contributed by atoms with Gasteiger partial charge in [-0.1, -0.05) is 18.2 Å². The van der Waals surface area contributed by atoms with Crippen LogP contribution in [-0.2, 0) is 16.8 Å². The minimum absolute atomic E-state index is 0.00101. The van der Waals surface area contributed by atoms with E-state index in [0.717, 1.165) is 19.2 Å². The molecule has 0 radical (unpaired) electrons. The van der Waals surface area contributed by atoms with Crippen LogP contribution in [0.5, 0.6) is 0 Å². The number of benzene rings is 2. The molecule has 0 spiro atoms. The lowest BCUT2D eigenvalue weighted by Crippen LogP contribution is -2.50. The third-order valence-corrected chi connectivity index (χ3v) is 4.70. The maximum atomic E-state index is 14.4. The molecule has 0 aliphatic carbocycles. The number of aryl methyl sites for hydroxylation is 1. The second kappa shape index (κ2) is 8.79. The van der Waals surface area contributed by atoms with E-state index < -0.39 is 69.1 Å². The van der Waals surface area contributed by atoms with Crippen LogP contribution in [-0.4, -0.2) is 36.1 Å². The van der Waals surface area contributed by atoms with Gasteiger partial charge in [-0.25, -0.2) is 9.18 Å². The van der Waals surface area contributed by atoms with E-state index in [0.29, 0.717) is 11.6 Å². The zero-order chi connectivity index (χ0) is 25.4. The Balaban J connectivity index is 2.62. The summed E-state index contributed by atoms with van der Waals surface area (Å²) in [6.07, 6.45) is -13.7. The summed E-state index contributed by atoms with van der Waals surface area (Å²) in [5.41, 5.74) is -9.66. The Morgan fingerprint density at radius 2 is 1.52 bits per heavy atom. The molecule has 0 N–H and O–H groups in total. The molecule has 0 fully saturated rings.